The van der Waals surface area contributed by atoms with Gasteiger partial charge in [-0.1, -0.05) is 12.1 Å². The molecule has 148 valence electrons. The maximum Gasteiger partial charge on any atom is 0.338 e. The first-order valence-corrected chi connectivity index (χ1v) is 9.20. The summed E-state index contributed by atoms with van der Waals surface area (Å²) in [7, 11) is 1.50. The number of nitrogens with zero attached hydrogens (tertiary/aromatic N) is 2. The van der Waals surface area contributed by atoms with Gasteiger partial charge >= 0.3 is 5.97 Å². The van der Waals surface area contributed by atoms with Gasteiger partial charge in [-0.3, -0.25) is 14.2 Å². The van der Waals surface area contributed by atoms with Crippen LogP contribution in [0.2, 0.25) is 0 Å². The average Bonchev–Trinajstić information content (AvgIpc) is 3.21. The highest BCUT2D eigenvalue weighted by Crippen LogP contribution is 2.23. The van der Waals surface area contributed by atoms with Crippen molar-refractivity contribution in [1.29, 1.82) is 0 Å². The van der Waals surface area contributed by atoms with Crippen molar-refractivity contribution in [3.63, 3.8) is 0 Å². The van der Waals surface area contributed by atoms with E-state index in [0.29, 0.717) is 28.9 Å². The first-order chi connectivity index (χ1) is 14.1. The Balaban J connectivity index is 1.46. The van der Waals surface area contributed by atoms with Crippen LogP contribution in [0.25, 0.3) is 10.9 Å². The molecule has 4 rings (SSSR count). The summed E-state index contributed by atoms with van der Waals surface area (Å²) in [4.78, 5) is 41.4. The van der Waals surface area contributed by atoms with Crippen LogP contribution in [0.4, 0.5) is 5.69 Å². The fraction of sp³-hybridized carbons (Fsp3) is 0.238. The number of para-hydroxylation sites is 2. The van der Waals surface area contributed by atoms with Gasteiger partial charge in [0.25, 0.3) is 11.5 Å². The molecule has 0 saturated heterocycles. The van der Waals surface area contributed by atoms with E-state index in [2.05, 4.69) is 10.3 Å². The number of esters is 1. The molecule has 8 heteroatoms. The second-order valence-electron chi connectivity index (χ2n) is 6.64. The van der Waals surface area contributed by atoms with Gasteiger partial charge < -0.3 is 14.8 Å². The predicted octanol–water partition coefficient (Wildman–Crippen LogP) is 2.15. The lowest BCUT2D eigenvalue weighted by molar-refractivity contribution is -0.119. The molecule has 0 saturated carbocycles. The Morgan fingerprint density at radius 2 is 2.03 bits per heavy atom. The van der Waals surface area contributed by atoms with Gasteiger partial charge in [0, 0.05) is 13.0 Å². The van der Waals surface area contributed by atoms with Crippen LogP contribution >= 0.6 is 0 Å². The number of anilines is 1. The third-order valence-electron chi connectivity index (χ3n) is 4.77. The number of fused-ring (bicyclic) bond motifs is 2. The van der Waals surface area contributed by atoms with Crippen LogP contribution in [0.5, 0.6) is 5.75 Å². The Bertz CT molecular complexity index is 1170. The molecule has 0 spiro atoms. The maximum atomic E-state index is 12.5. The van der Waals surface area contributed by atoms with Gasteiger partial charge in [-0.2, -0.15) is 0 Å². The van der Waals surface area contributed by atoms with Crippen molar-refractivity contribution in [1.82, 2.24) is 9.55 Å². The first kappa shape index (κ1) is 18.7. The summed E-state index contributed by atoms with van der Waals surface area (Å²) in [6, 6.07) is 11.5. The van der Waals surface area contributed by atoms with Gasteiger partial charge in [-0.25, -0.2) is 9.78 Å². The summed E-state index contributed by atoms with van der Waals surface area (Å²) in [6.45, 7) is 0.220. The highest BCUT2D eigenvalue weighted by atomic mass is 16.5. The Labute approximate surface area is 166 Å². The molecule has 1 amide bonds. The van der Waals surface area contributed by atoms with Crippen molar-refractivity contribution in [3.05, 3.63) is 64.2 Å². The minimum absolute atomic E-state index is 0.0985. The monoisotopic (exact) mass is 393 g/mol. The van der Waals surface area contributed by atoms with Gasteiger partial charge in [0.15, 0.2) is 6.61 Å². The summed E-state index contributed by atoms with van der Waals surface area (Å²) in [5.41, 5.74) is 1.08. The van der Waals surface area contributed by atoms with Gasteiger partial charge in [-0.15, -0.1) is 0 Å². The molecule has 8 nitrogen and oxygen atoms in total. The normalized spacial score (nSPS) is 12.4. The van der Waals surface area contributed by atoms with Crippen LogP contribution in [0, 0.1) is 0 Å². The number of carbonyl (C=O) groups excluding carboxylic acids is 2. The average molecular weight is 393 g/mol. The van der Waals surface area contributed by atoms with Crippen molar-refractivity contribution < 1.29 is 19.1 Å². The van der Waals surface area contributed by atoms with Gasteiger partial charge in [0.1, 0.15) is 11.6 Å². The number of carbonyl (C=O) groups is 2. The number of aryl methyl sites for hydroxylation is 1. The molecule has 1 N–H and O–H groups in total. The van der Waals surface area contributed by atoms with Crippen molar-refractivity contribution in [3.8, 4) is 5.75 Å². The van der Waals surface area contributed by atoms with Crippen LogP contribution in [-0.4, -0.2) is 35.1 Å². The lowest BCUT2D eigenvalue weighted by Crippen LogP contribution is -2.22. The quantitative estimate of drug-likeness (QED) is 0.667. The number of nitrogens with one attached hydrogen (secondary N) is 1. The molecular formula is C21H19N3O5. The summed E-state index contributed by atoms with van der Waals surface area (Å²) >= 11 is 0. The zero-order chi connectivity index (χ0) is 20.4. The topological polar surface area (TPSA) is 99.5 Å². The molecule has 1 aliphatic heterocycles. The van der Waals surface area contributed by atoms with Crippen LogP contribution in [0.3, 0.4) is 0 Å². The molecule has 29 heavy (non-hydrogen) atoms. The summed E-state index contributed by atoms with van der Waals surface area (Å²) in [6.07, 6.45) is 1.62. The standard InChI is InChI=1S/C21H19N3O5/c1-28-17-6-3-2-5-15(17)23-19(25)12-29-21(27)13-8-9-14-16(11-13)22-18-7-4-10-24(18)20(14)26/h2-3,5-6,8-9,11H,4,7,10,12H2,1H3,(H,23,25). The van der Waals surface area contributed by atoms with E-state index in [1.165, 1.54) is 19.2 Å². The maximum absolute atomic E-state index is 12.5. The van der Waals surface area contributed by atoms with Crippen LogP contribution in [-0.2, 0) is 22.5 Å². The lowest BCUT2D eigenvalue weighted by atomic mass is 10.1. The molecule has 3 aromatic rings. The second kappa shape index (κ2) is 7.75. The zero-order valence-corrected chi connectivity index (χ0v) is 15.8. The molecule has 0 radical (unpaired) electrons. The van der Waals surface area contributed by atoms with E-state index < -0.39 is 18.5 Å². The summed E-state index contributed by atoms with van der Waals surface area (Å²) in [5.74, 6) is 0.0816. The van der Waals surface area contributed by atoms with E-state index in [-0.39, 0.29) is 11.1 Å². The third-order valence-corrected chi connectivity index (χ3v) is 4.77. The zero-order valence-electron chi connectivity index (χ0n) is 15.8. The van der Waals surface area contributed by atoms with Gasteiger partial charge in [0.05, 0.1) is 29.3 Å². The fourth-order valence-corrected chi connectivity index (χ4v) is 3.36. The molecule has 0 aliphatic carbocycles. The number of aromatic nitrogens is 2. The molecule has 0 fully saturated rings. The summed E-state index contributed by atoms with van der Waals surface area (Å²) < 4.78 is 11.9. The van der Waals surface area contributed by atoms with Crippen molar-refractivity contribution in [2.75, 3.05) is 19.0 Å². The molecular weight excluding hydrogens is 374 g/mol. The number of methoxy groups -OCH3 is 1. The Morgan fingerprint density at radius 3 is 2.86 bits per heavy atom. The summed E-state index contributed by atoms with van der Waals surface area (Å²) in [5, 5.41) is 3.10. The highest BCUT2D eigenvalue weighted by Gasteiger charge is 2.18. The molecule has 1 aliphatic rings. The third kappa shape index (κ3) is 3.69. The van der Waals surface area contributed by atoms with Crippen molar-refractivity contribution in [2.45, 2.75) is 19.4 Å². The van der Waals surface area contributed by atoms with Crippen LogP contribution in [0.15, 0.2) is 47.3 Å². The Hall–Kier alpha value is -3.68. The van der Waals surface area contributed by atoms with E-state index in [4.69, 9.17) is 9.47 Å². The number of benzene rings is 2. The first-order valence-electron chi connectivity index (χ1n) is 9.20. The van der Waals surface area contributed by atoms with Crippen molar-refractivity contribution >= 4 is 28.5 Å². The molecule has 2 aromatic carbocycles. The van der Waals surface area contributed by atoms with Crippen LogP contribution in [0.1, 0.15) is 22.6 Å². The number of rotatable bonds is 5. The number of hydrogen-bond acceptors (Lipinski definition) is 6. The van der Waals surface area contributed by atoms with Crippen LogP contribution < -0.4 is 15.6 Å². The Morgan fingerprint density at radius 1 is 1.21 bits per heavy atom. The smallest absolute Gasteiger partial charge is 0.338 e. The molecule has 2 heterocycles. The van der Waals surface area contributed by atoms with Crippen molar-refractivity contribution in [2.24, 2.45) is 0 Å². The minimum Gasteiger partial charge on any atom is -0.495 e. The van der Waals surface area contributed by atoms with Gasteiger partial charge in [0.2, 0.25) is 0 Å². The fourth-order valence-electron chi connectivity index (χ4n) is 3.36. The minimum atomic E-state index is -0.663. The molecule has 0 atom stereocenters. The molecule has 1 aromatic heterocycles. The number of ether oxygens (including phenoxy) is 2. The van der Waals surface area contributed by atoms with Gasteiger partial charge in [-0.05, 0) is 36.8 Å². The number of hydrogen-bond donors (Lipinski definition) is 1. The highest BCUT2D eigenvalue weighted by molar-refractivity contribution is 5.97. The van der Waals surface area contributed by atoms with E-state index >= 15 is 0 Å². The van der Waals surface area contributed by atoms with E-state index in [1.54, 1.807) is 34.9 Å². The van der Waals surface area contributed by atoms with E-state index in [0.717, 1.165) is 18.7 Å². The molecule has 0 bridgehead atoms. The Kier molecular flexibility index (Phi) is 4.99. The van der Waals surface area contributed by atoms with E-state index in [9.17, 15) is 14.4 Å². The lowest BCUT2D eigenvalue weighted by Gasteiger charge is -2.10. The predicted molar refractivity (Wildman–Crippen MR) is 106 cm³/mol. The largest absolute Gasteiger partial charge is 0.495 e. The molecule has 0 unspecified atom stereocenters. The SMILES string of the molecule is COc1ccccc1NC(=O)COC(=O)c1ccc2c(=O)n3c(nc2c1)CCC3. The number of amides is 1. The van der Waals surface area contributed by atoms with E-state index in [1.807, 2.05) is 0 Å². The second-order valence-corrected chi connectivity index (χ2v) is 6.64.